The number of carbonyl (C=O) groups excluding carboxylic acids is 1. The molecule has 0 saturated carbocycles. The van der Waals surface area contributed by atoms with Gasteiger partial charge in [0.05, 0.1) is 12.1 Å². The van der Waals surface area contributed by atoms with Crippen molar-refractivity contribution in [2.45, 2.75) is 20.3 Å². The third kappa shape index (κ3) is 2.25. The van der Waals surface area contributed by atoms with Crippen LogP contribution in [0.1, 0.15) is 27.5 Å². The molecule has 20 heavy (non-hydrogen) atoms. The van der Waals surface area contributed by atoms with Crippen LogP contribution >= 0.6 is 0 Å². The summed E-state index contributed by atoms with van der Waals surface area (Å²) in [4.78, 5) is 12.3. The third-order valence-corrected chi connectivity index (χ3v) is 3.39. The summed E-state index contributed by atoms with van der Waals surface area (Å²) in [7, 11) is 1.84. The smallest absolute Gasteiger partial charge is 0.203 e. The average molecular weight is 268 g/mol. The van der Waals surface area contributed by atoms with Gasteiger partial charge in [0.25, 0.3) is 0 Å². The zero-order valence-corrected chi connectivity index (χ0v) is 11.8. The minimum Gasteiger partial charge on any atom is -0.453 e. The fourth-order valence-electron chi connectivity index (χ4n) is 2.38. The molecule has 3 aromatic rings. The van der Waals surface area contributed by atoms with E-state index in [0.717, 1.165) is 27.9 Å². The maximum atomic E-state index is 12.3. The SMILES string of the molecule is Cc1ccc2oc(C(=O)Cc3cc(C)nn3C)cc2c1. The molecule has 2 heterocycles. The second-order valence-electron chi connectivity index (χ2n) is 5.15. The van der Waals surface area contributed by atoms with E-state index in [2.05, 4.69) is 5.10 Å². The third-order valence-electron chi connectivity index (χ3n) is 3.39. The van der Waals surface area contributed by atoms with Crippen molar-refractivity contribution >= 4 is 16.8 Å². The highest BCUT2D eigenvalue weighted by molar-refractivity contribution is 5.98. The van der Waals surface area contributed by atoms with Crippen molar-refractivity contribution < 1.29 is 9.21 Å². The Kier molecular flexibility index (Phi) is 2.93. The van der Waals surface area contributed by atoms with Crippen molar-refractivity contribution in [2.75, 3.05) is 0 Å². The fraction of sp³-hybridized carbons (Fsp3) is 0.250. The molecule has 102 valence electrons. The molecule has 0 unspecified atom stereocenters. The molecule has 2 aromatic heterocycles. The van der Waals surface area contributed by atoms with E-state index in [1.807, 2.05) is 51.2 Å². The Labute approximate surface area is 117 Å². The van der Waals surface area contributed by atoms with Crippen LogP contribution in [-0.2, 0) is 13.5 Å². The van der Waals surface area contributed by atoms with Gasteiger partial charge in [0.15, 0.2) is 5.76 Å². The summed E-state index contributed by atoms with van der Waals surface area (Å²) in [5, 5.41) is 5.21. The van der Waals surface area contributed by atoms with Crippen LogP contribution in [0.2, 0.25) is 0 Å². The van der Waals surface area contributed by atoms with Gasteiger partial charge in [-0.3, -0.25) is 9.48 Å². The Morgan fingerprint density at radius 2 is 2.05 bits per heavy atom. The second kappa shape index (κ2) is 4.63. The molecule has 0 spiro atoms. The molecule has 0 N–H and O–H groups in total. The molecule has 4 heteroatoms. The summed E-state index contributed by atoms with van der Waals surface area (Å²) in [6, 6.07) is 9.63. The molecule has 0 aliphatic rings. The van der Waals surface area contributed by atoms with Gasteiger partial charge in [-0.15, -0.1) is 0 Å². The molecule has 0 fully saturated rings. The van der Waals surface area contributed by atoms with Gasteiger partial charge in [0.1, 0.15) is 5.58 Å². The number of ketones is 1. The van der Waals surface area contributed by atoms with Crippen molar-refractivity contribution in [1.29, 1.82) is 0 Å². The highest BCUT2D eigenvalue weighted by Gasteiger charge is 2.15. The molecule has 0 atom stereocenters. The number of hydrogen-bond donors (Lipinski definition) is 0. The van der Waals surface area contributed by atoms with Crippen LogP contribution in [0.25, 0.3) is 11.0 Å². The van der Waals surface area contributed by atoms with E-state index in [9.17, 15) is 4.79 Å². The lowest BCUT2D eigenvalue weighted by Gasteiger charge is -1.98. The molecule has 1 aromatic carbocycles. The Balaban J connectivity index is 1.90. The first-order chi connectivity index (χ1) is 9.52. The summed E-state index contributed by atoms with van der Waals surface area (Å²) >= 11 is 0. The van der Waals surface area contributed by atoms with Crippen molar-refractivity contribution in [3.8, 4) is 0 Å². The molecular formula is C16H16N2O2. The summed E-state index contributed by atoms with van der Waals surface area (Å²) in [5.41, 5.74) is 3.71. The fourth-order valence-corrected chi connectivity index (χ4v) is 2.38. The monoisotopic (exact) mass is 268 g/mol. The molecule has 0 aliphatic heterocycles. The summed E-state index contributed by atoms with van der Waals surface area (Å²) < 4.78 is 7.36. The largest absolute Gasteiger partial charge is 0.453 e. The first-order valence-electron chi connectivity index (χ1n) is 6.56. The van der Waals surface area contributed by atoms with Crippen LogP contribution in [0.5, 0.6) is 0 Å². The van der Waals surface area contributed by atoms with Gasteiger partial charge in [0, 0.05) is 18.1 Å². The number of aryl methyl sites for hydroxylation is 3. The van der Waals surface area contributed by atoms with E-state index in [0.29, 0.717) is 12.2 Å². The number of nitrogens with zero attached hydrogens (tertiary/aromatic N) is 2. The van der Waals surface area contributed by atoms with Crippen molar-refractivity contribution in [3.05, 3.63) is 53.0 Å². The lowest BCUT2D eigenvalue weighted by Crippen LogP contribution is -2.06. The van der Waals surface area contributed by atoms with E-state index < -0.39 is 0 Å². The van der Waals surface area contributed by atoms with E-state index in [1.165, 1.54) is 0 Å². The molecule has 0 bridgehead atoms. The van der Waals surface area contributed by atoms with Gasteiger partial charge in [-0.05, 0) is 38.1 Å². The Bertz CT molecular complexity index is 796. The van der Waals surface area contributed by atoms with Gasteiger partial charge in [0.2, 0.25) is 5.78 Å². The number of carbonyl (C=O) groups is 1. The Morgan fingerprint density at radius 1 is 1.25 bits per heavy atom. The summed E-state index contributed by atoms with van der Waals surface area (Å²) in [5.74, 6) is 0.381. The summed E-state index contributed by atoms with van der Waals surface area (Å²) in [6.45, 7) is 3.93. The quantitative estimate of drug-likeness (QED) is 0.685. The molecule has 0 radical (unpaired) electrons. The van der Waals surface area contributed by atoms with Crippen molar-refractivity contribution in [1.82, 2.24) is 9.78 Å². The highest BCUT2D eigenvalue weighted by atomic mass is 16.3. The van der Waals surface area contributed by atoms with Crippen LogP contribution in [-0.4, -0.2) is 15.6 Å². The van der Waals surface area contributed by atoms with Gasteiger partial charge >= 0.3 is 0 Å². The van der Waals surface area contributed by atoms with Crippen LogP contribution in [0, 0.1) is 13.8 Å². The van der Waals surface area contributed by atoms with E-state index >= 15 is 0 Å². The highest BCUT2D eigenvalue weighted by Crippen LogP contribution is 2.21. The first-order valence-corrected chi connectivity index (χ1v) is 6.56. The summed E-state index contributed by atoms with van der Waals surface area (Å²) in [6.07, 6.45) is 0.302. The number of fused-ring (bicyclic) bond motifs is 1. The lowest BCUT2D eigenvalue weighted by atomic mass is 10.1. The van der Waals surface area contributed by atoms with E-state index in [4.69, 9.17) is 4.42 Å². The molecule has 0 amide bonds. The normalized spacial score (nSPS) is 11.2. The number of aromatic nitrogens is 2. The topological polar surface area (TPSA) is 48.0 Å². The Morgan fingerprint density at radius 3 is 2.75 bits per heavy atom. The predicted octanol–water partition coefficient (Wildman–Crippen LogP) is 3.21. The number of rotatable bonds is 3. The molecule has 4 nitrogen and oxygen atoms in total. The van der Waals surface area contributed by atoms with Crippen LogP contribution in [0.4, 0.5) is 0 Å². The van der Waals surface area contributed by atoms with Gasteiger partial charge in [-0.1, -0.05) is 11.6 Å². The van der Waals surface area contributed by atoms with Gasteiger partial charge in [-0.25, -0.2) is 0 Å². The number of Topliss-reactive ketones (excluding diaryl/α,β-unsaturated/α-hetero) is 1. The zero-order chi connectivity index (χ0) is 14.3. The molecule has 0 saturated heterocycles. The zero-order valence-electron chi connectivity index (χ0n) is 11.8. The molecule has 3 rings (SSSR count). The molecular weight excluding hydrogens is 252 g/mol. The number of benzene rings is 1. The average Bonchev–Trinajstić information content (AvgIpc) is 2.92. The maximum Gasteiger partial charge on any atom is 0.203 e. The minimum absolute atomic E-state index is 0.0261. The van der Waals surface area contributed by atoms with E-state index in [1.54, 1.807) is 4.68 Å². The predicted molar refractivity (Wildman–Crippen MR) is 76.9 cm³/mol. The van der Waals surface area contributed by atoms with Crippen molar-refractivity contribution in [3.63, 3.8) is 0 Å². The van der Waals surface area contributed by atoms with Crippen molar-refractivity contribution in [2.24, 2.45) is 7.05 Å². The Hall–Kier alpha value is -2.36. The van der Waals surface area contributed by atoms with E-state index in [-0.39, 0.29) is 5.78 Å². The van der Waals surface area contributed by atoms with Crippen LogP contribution < -0.4 is 0 Å². The van der Waals surface area contributed by atoms with Gasteiger partial charge in [-0.2, -0.15) is 5.10 Å². The maximum absolute atomic E-state index is 12.3. The number of hydrogen-bond acceptors (Lipinski definition) is 3. The standard InChI is InChI=1S/C16H16N2O2/c1-10-4-5-15-12(6-10)8-16(20-15)14(19)9-13-7-11(2)17-18(13)3/h4-8H,9H2,1-3H3. The molecule has 0 aliphatic carbocycles. The van der Waals surface area contributed by atoms with Gasteiger partial charge < -0.3 is 4.42 Å². The second-order valence-corrected chi connectivity index (χ2v) is 5.15. The first kappa shape index (κ1) is 12.7. The lowest BCUT2D eigenvalue weighted by molar-refractivity contribution is 0.0966. The van der Waals surface area contributed by atoms with Crippen LogP contribution in [0.3, 0.4) is 0 Å². The minimum atomic E-state index is -0.0261. The van der Waals surface area contributed by atoms with Crippen LogP contribution in [0.15, 0.2) is 34.7 Å². The number of furan rings is 1.